The highest BCUT2D eigenvalue weighted by atomic mass is 35.5. The summed E-state index contributed by atoms with van der Waals surface area (Å²) in [5.41, 5.74) is 1.53. The van der Waals surface area contributed by atoms with Crippen LogP contribution in [0, 0.1) is 0 Å². The Kier molecular flexibility index (Phi) is 2.68. The van der Waals surface area contributed by atoms with Crippen LogP contribution in [0.3, 0.4) is 0 Å². The molecule has 3 aromatic rings. The second kappa shape index (κ2) is 4.37. The Bertz CT molecular complexity index is 782. The molecule has 0 aliphatic heterocycles. The second-order valence-corrected chi connectivity index (χ2v) is 4.42. The fraction of sp³-hybridized carbons (Fsp3) is 0. The largest absolute Gasteiger partial charge is 0.478 e. The molecule has 0 aliphatic rings. The van der Waals surface area contributed by atoms with Gasteiger partial charge in [-0.3, -0.25) is 4.40 Å². The molecule has 2 aromatic heterocycles. The van der Waals surface area contributed by atoms with Crippen molar-refractivity contribution in [2.45, 2.75) is 0 Å². The lowest BCUT2D eigenvalue weighted by molar-refractivity contribution is 0.0697. The van der Waals surface area contributed by atoms with Crippen molar-refractivity contribution >= 4 is 23.2 Å². The molecule has 3 rings (SSSR count). The van der Waals surface area contributed by atoms with Gasteiger partial charge in [0.2, 0.25) is 0 Å². The number of hydrogen-bond acceptors (Lipinski definition) is 3. The van der Waals surface area contributed by atoms with Crippen LogP contribution in [0.25, 0.3) is 17.0 Å². The highest BCUT2D eigenvalue weighted by Crippen LogP contribution is 2.21. The summed E-state index contributed by atoms with van der Waals surface area (Å²) in [5, 5.41) is 17.6. The van der Waals surface area contributed by atoms with Gasteiger partial charge in [-0.1, -0.05) is 23.7 Å². The number of halogens is 1. The molecule has 6 heteroatoms. The normalized spacial score (nSPS) is 10.8. The van der Waals surface area contributed by atoms with E-state index in [9.17, 15) is 4.79 Å². The van der Waals surface area contributed by atoms with E-state index in [0.717, 1.165) is 0 Å². The summed E-state index contributed by atoms with van der Waals surface area (Å²) >= 11 is 5.95. The van der Waals surface area contributed by atoms with Crippen LogP contribution in [0.2, 0.25) is 5.02 Å². The van der Waals surface area contributed by atoms with Crippen LogP contribution < -0.4 is 0 Å². The van der Waals surface area contributed by atoms with Crippen molar-refractivity contribution in [3.63, 3.8) is 0 Å². The van der Waals surface area contributed by atoms with E-state index in [1.165, 1.54) is 6.07 Å². The number of fused-ring (bicyclic) bond motifs is 1. The van der Waals surface area contributed by atoms with E-state index in [-0.39, 0.29) is 5.56 Å². The third kappa shape index (κ3) is 2.04. The minimum Gasteiger partial charge on any atom is -0.478 e. The smallest absolute Gasteiger partial charge is 0.335 e. The van der Waals surface area contributed by atoms with Crippen molar-refractivity contribution < 1.29 is 9.90 Å². The number of hydrogen-bond donors (Lipinski definition) is 1. The zero-order valence-electron chi connectivity index (χ0n) is 9.62. The number of carbonyl (C=O) groups is 1. The van der Waals surface area contributed by atoms with Gasteiger partial charge in [0.1, 0.15) is 0 Å². The van der Waals surface area contributed by atoms with Crippen LogP contribution in [0.15, 0.2) is 42.6 Å². The average molecular weight is 274 g/mol. The Morgan fingerprint density at radius 1 is 1.21 bits per heavy atom. The predicted octanol–water partition coefficient (Wildman–Crippen LogP) is 2.75. The molecule has 0 saturated heterocycles. The van der Waals surface area contributed by atoms with E-state index in [1.54, 1.807) is 40.9 Å². The number of carboxylic acid groups (broad SMARTS) is 1. The molecular formula is C13H8ClN3O2. The summed E-state index contributed by atoms with van der Waals surface area (Å²) in [5.74, 6) is -0.422. The van der Waals surface area contributed by atoms with Crippen molar-refractivity contribution in [1.82, 2.24) is 14.6 Å². The molecule has 0 saturated carbocycles. The SMILES string of the molecule is O=C(O)c1cccc(-c2nnc3ccc(Cl)cn23)c1. The number of nitrogens with zero attached hydrogens (tertiary/aromatic N) is 3. The Morgan fingerprint density at radius 3 is 2.84 bits per heavy atom. The van der Waals surface area contributed by atoms with Gasteiger partial charge < -0.3 is 5.11 Å². The van der Waals surface area contributed by atoms with Gasteiger partial charge in [0.05, 0.1) is 10.6 Å². The average Bonchev–Trinajstić information content (AvgIpc) is 2.81. The molecule has 94 valence electrons. The molecule has 0 radical (unpaired) electrons. The number of aromatic nitrogens is 3. The van der Waals surface area contributed by atoms with E-state index in [2.05, 4.69) is 10.2 Å². The molecule has 0 unspecified atom stereocenters. The summed E-state index contributed by atoms with van der Waals surface area (Å²) in [4.78, 5) is 11.0. The van der Waals surface area contributed by atoms with E-state index in [0.29, 0.717) is 22.1 Å². The van der Waals surface area contributed by atoms with E-state index >= 15 is 0 Å². The summed E-state index contributed by atoms with van der Waals surface area (Å²) in [6, 6.07) is 10.0. The molecule has 5 nitrogen and oxygen atoms in total. The Morgan fingerprint density at radius 2 is 2.05 bits per heavy atom. The topological polar surface area (TPSA) is 67.5 Å². The first-order valence-corrected chi connectivity index (χ1v) is 5.87. The van der Waals surface area contributed by atoms with Gasteiger partial charge in [-0.05, 0) is 24.3 Å². The molecule has 0 amide bonds. The lowest BCUT2D eigenvalue weighted by Gasteiger charge is -2.01. The first-order chi connectivity index (χ1) is 9.15. The van der Waals surface area contributed by atoms with Gasteiger partial charge in [0.25, 0.3) is 0 Å². The van der Waals surface area contributed by atoms with Crippen LogP contribution in [-0.4, -0.2) is 25.7 Å². The highest BCUT2D eigenvalue weighted by Gasteiger charge is 2.10. The number of rotatable bonds is 2. The van der Waals surface area contributed by atoms with Crippen LogP contribution in [0.1, 0.15) is 10.4 Å². The van der Waals surface area contributed by atoms with Crippen LogP contribution in [0.5, 0.6) is 0 Å². The van der Waals surface area contributed by atoms with Gasteiger partial charge in [-0.25, -0.2) is 4.79 Å². The van der Waals surface area contributed by atoms with E-state index < -0.39 is 5.97 Å². The fourth-order valence-corrected chi connectivity index (χ4v) is 2.01. The number of pyridine rings is 1. The maximum atomic E-state index is 11.0. The van der Waals surface area contributed by atoms with Crippen LogP contribution in [-0.2, 0) is 0 Å². The minimum atomic E-state index is -0.978. The van der Waals surface area contributed by atoms with E-state index in [1.807, 2.05) is 0 Å². The van der Waals surface area contributed by atoms with Crippen molar-refractivity contribution in [3.05, 3.63) is 53.2 Å². The van der Waals surface area contributed by atoms with Gasteiger partial charge in [-0.15, -0.1) is 10.2 Å². The molecule has 0 fully saturated rings. The predicted molar refractivity (Wildman–Crippen MR) is 70.4 cm³/mol. The van der Waals surface area contributed by atoms with Crippen molar-refractivity contribution in [3.8, 4) is 11.4 Å². The van der Waals surface area contributed by atoms with Crippen molar-refractivity contribution in [2.24, 2.45) is 0 Å². The van der Waals surface area contributed by atoms with Gasteiger partial charge in [0.15, 0.2) is 11.5 Å². The minimum absolute atomic E-state index is 0.205. The monoisotopic (exact) mass is 273 g/mol. The maximum absolute atomic E-state index is 11.0. The van der Waals surface area contributed by atoms with Gasteiger partial charge >= 0.3 is 5.97 Å². The third-order valence-electron chi connectivity index (χ3n) is 2.73. The molecular weight excluding hydrogens is 266 g/mol. The quantitative estimate of drug-likeness (QED) is 0.779. The second-order valence-electron chi connectivity index (χ2n) is 3.99. The molecule has 19 heavy (non-hydrogen) atoms. The number of benzene rings is 1. The Hall–Kier alpha value is -2.40. The highest BCUT2D eigenvalue weighted by molar-refractivity contribution is 6.30. The zero-order valence-corrected chi connectivity index (χ0v) is 10.4. The summed E-state index contributed by atoms with van der Waals surface area (Å²) in [6.45, 7) is 0. The maximum Gasteiger partial charge on any atom is 0.335 e. The zero-order chi connectivity index (χ0) is 13.4. The van der Waals surface area contributed by atoms with Gasteiger partial charge in [-0.2, -0.15) is 0 Å². The third-order valence-corrected chi connectivity index (χ3v) is 2.96. The van der Waals surface area contributed by atoms with Crippen molar-refractivity contribution in [1.29, 1.82) is 0 Å². The molecule has 0 aliphatic carbocycles. The lowest BCUT2D eigenvalue weighted by atomic mass is 10.1. The molecule has 0 bridgehead atoms. The molecule has 1 aromatic carbocycles. The van der Waals surface area contributed by atoms with Crippen LogP contribution >= 0.6 is 11.6 Å². The number of carboxylic acids is 1. The summed E-state index contributed by atoms with van der Waals surface area (Å²) < 4.78 is 1.73. The first kappa shape index (κ1) is 11.7. The Labute approximate surface area is 113 Å². The molecule has 0 spiro atoms. The van der Waals surface area contributed by atoms with Crippen LogP contribution in [0.4, 0.5) is 0 Å². The Balaban J connectivity index is 2.21. The van der Waals surface area contributed by atoms with Crippen molar-refractivity contribution in [2.75, 3.05) is 0 Å². The summed E-state index contributed by atoms with van der Waals surface area (Å²) in [7, 11) is 0. The van der Waals surface area contributed by atoms with Gasteiger partial charge in [0, 0.05) is 11.8 Å². The fourth-order valence-electron chi connectivity index (χ4n) is 1.85. The summed E-state index contributed by atoms with van der Waals surface area (Å²) in [6.07, 6.45) is 1.69. The lowest BCUT2D eigenvalue weighted by Crippen LogP contribution is -1.97. The van der Waals surface area contributed by atoms with E-state index in [4.69, 9.17) is 16.7 Å². The standard InChI is InChI=1S/C13H8ClN3O2/c14-10-4-5-11-15-16-12(17(11)7-10)8-2-1-3-9(6-8)13(18)19/h1-7H,(H,18,19). The molecule has 1 N–H and O–H groups in total. The molecule has 0 atom stereocenters. The first-order valence-electron chi connectivity index (χ1n) is 5.49. The molecule has 2 heterocycles. The number of aromatic carboxylic acids is 1.